The van der Waals surface area contributed by atoms with E-state index in [2.05, 4.69) is 11.3 Å². The lowest BCUT2D eigenvalue weighted by atomic mass is 10.1. The molecule has 4 nitrogen and oxygen atoms in total. The molecule has 0 aromatic carbocycles. The van der Waals surface area contributed by atoms with E-state index in [9.17, 15) is 9.90 Å². The Hall–Kier alpha value is -0.870. The van der Waals surface area contributed by atoms with Gasteiger partial charge in [0, 0.05) is 0 Å². The molecule has 0 spiro atoms. The molecule has 0 fully saturated rings. The van der Waals surface area contributed by atoms with Crippen molar-refractivity contribution in [1.29, 1.82) is 0 Å². The minimum atomic E-state index is -1.24. The van der Waals surface area contributed by atoms with E-state index in [0.29, 0.717) is 6.42 Å². The fraction of sp³-hybridized carbons (Fsp3) is 0.700. The molecule has 0 rings (SSSR count). The van der Waals surface area contributed by atoms with Crippen molar-refractivity contribution in [1.82, 2.24) is 0 Å². The summed E-state index contributed by atoms with van der Waals surface area (Å²) in [6.45, 7) is 8.50. The summed E-state index contributed by atoms with van der Waals surface area (Å²) in [7, 11) is 1.28. The first-order valence-corrected chi connectivity index (χ1v) is 4.51. The first-order valence-electron chi connectivity index (χ1n) is 4.51. The molecule has 0 aromatic rings. The van der Waals surface area contributed by atoms with Crippen LogP contribution in [0.1, 0.15) is 27.2 Å². The van der Waals surface area contributed by atoms with Crippen molar-refractivity contribution >= 4 is 5.97 Å². The second kappa shape index (κ2) is 5.12. The third kappa shape index (κ3) is 3.89. The Morgan fingerprint density at radius 2 is 2.14 bits per heavy atom. The highest BCUT2D eigenvalue weighted by molar-refractivity contribution is 5.88. The summed E-state index contributed by atoms with van der Waals surface area (Å²) < 4.78 is 9.71. The van der Waals surface area contributed by atoms with Crippen LogP contribution >= 0.6 is 0 Å². The summed E-state index contributed by atoms with van der Waals surface area (Å²) in [6.07, 6.45) is -0.122. The molecule has 2 unspecified atom stereocenters. The summed E-state index contributed by atoms with van der Waals surface area (Å²) >= 11 is 0. The summed E-state index contributed by atoms with van der Waals surface area (Å²) in [5, 5.41) is 9.58. The van der Waals surface area contributed by atoms with Crippen LogP contribution in [0.5, 0.6) is 0 Å². The van der Waals surface area contributed by atoms with Crippen LogP contribution < -0.4 is 0 Å². The molecule has 82 valence electrons. The Morgan fingerprint density at radius 1 is 1.64 bits per heavy atom. The lowest BCUT2D eigenvalue weighted by molar-refractivity contribution is -0.208. The maximum atomic E-state index is 11.0. The Kier molecular flexibility index (Phi) is 4.80. The molecule has 14 heavy (non-hydrogen) atoms. The third-order valence-corrected chi connectivity index (χ3v) is 2.02. The van der Waals surface area contributed by atoms with Crippen molar-refractivity contribution < 1.29 is 19.4 Å². The highest BCUT2D eigenvalue weighted by Crippen LogP contribution is 2.17. The van der Waals surface area contributed by atoms with E-state index in [0.717, 1.165) is 0 Å². The maximum absolute atomic E-state index is 11.0. The van der Waals surface area contributed by atoms with Gasteiger partial charge in [0.15, 0.2) is 5.79 Å². The van der Waals surface area contributed by atoms with E-state index in [1.165, 1.54) is 14.0 Å². The molecule has 2 atom stereocenters. The average molecular weight is 202 g/mol. The maximum Gasteiger partial charge on any atom is 0.335 e. The van der Waals surface area contributed by atoms with Gasteiger partial charge >= 0.3 is 5.97 Å². The number of methoxy groups -OCH3 is 1. The number of carbonyl (C=O) groups is 1. The second-order valence-corrected chi connectivity index (χ2v) is 3.31. The van der Waals surface area contributed by atoms with Crippen LogP contribution in [0.25, 0.3) is 0 Å². The van der Waals surface area contributed by atoms with Crippen molar-refractivity contribution in [3.8, 4) is 0 Å². The van der Waals surface area contributed by atoms with Gasteiger partial charge in [-0.3, -0.25) is 0 Å². The minimum Gasteiger partial charge on any atom is -0.466 e. The van der Waals surface area contributed by atoms with Gasteiger partial charge in [0.1, 0.15) is 0 Å². The van der Waals surface area contributed by atoms with E-state index in [1.807, 2.05) is 0 Å². The van der Waals surface area contributed by atoms with Gasteiger partial charge in [-0.05, 0) is 20.3 Å². The van der Waals surface area contributed by atoms with Crippen LogP contribution in [0, 0.1) is 0 Å². The monoisotopic (exact) mass is 202 g/mol. The Balaban J connectivity index is 4.28. The first kappa shape index (κ1) is 13.1. The molecule has 0 saturated heterocycles. The van der Waals surface area contributed by atoms with Gasteiger partial charge < -0.3 is 14.6 Å². The molecule has 4 heteroatoms. The van der Waals surface area contributed by atoms with Crippen LogP contribution in [-0.4, -0.2) is 30.1 Å². The SMILES string of the molecule is C=C(C(=O)OC)C(C)OC(C)(O)CC. The number of ether oxygens (including phenoxy) is 2. The topological polar surface area (TPSA) is 55.8 Å². The number of carbonyl (C=O) groups excluding carboxylic acids is 1. The fourth-order valence-corrected chi connectivity index (χ4v) is 0.832. The molecule has 0 saturated carbocycles. The number of aliphatic hydroxyl groups is 1. The fourth-order valence-electron chi connectivity index (χ4n) is 0.832. The Bertz CT molecular complexity index is 220. The summed E-state index contributed by atoms with van der Waals surface area (Å²) in [5.41, 5.74) is 0.196. The molecular formula is C10H18O4. The van der Waals surface area contributed by atoms with Crippen LogP contribution in [0.2, 0.25) is 0 Å². The molecule has 0 aliphatic heterocycles. The van der Waals surface area contributed by atoms with Crippen LogP contribution in [0.15, 0.2) is 12.2 Å². The first-order chi connectivity index (χ1) is 6.34. The molecule has 1 N–H and O–H groups in total. The predicted molar refractivity (Wildman–Crippen MR) is 52.6 cm³/mol. The standard InChI is InChI=1S/C10H18O4/c1-6-10(4,12)14-8(3)7(2)9(11)13-5/h8,12H,2,6H2,1,3-5H3. The van der Waals surface area contributed by atoms with Crippen LogP contribution in [-0.2, 0) is 14.3 Å². The number of hydrogen-bond donors (Lipinski definition) is 1. The highest BCUT2D eigenvalue weighted by atomic mass is 16.6. The van der Waals surface area contributed by atoms with Crippen molar-refractivity contribution in [2.75, 3.05) is 7.11 Å². The van der Waals surface area contributed by atoms with Gasteiger partial charge in [0.25, 0.3) is 0 Å². The average Bonchev–Trinajstić information content (AvgIpc) is 2.14. The molecule has 0 aliphatic rings. The van der Waals surface area contributed by atoms with Gasteiger partial charge in [-0.2, -0.15) is 0 Å². The summed E-state index contributed by atoms with van der Waals surface area (Å²) in [6, 6.07) is 0. The van der Waals surface area contributed by atoms with E-state index >= 15 is 0 Å². The van der Waals surface area contributed by atoms with Gasteiger partial charge in [0.2, 0.25) is 0 Å². The van der Waals surface area contributed by atoms with E-state index in [1.54, 1.807) is 13.8 Å². The third-order valence-electron chi connectivity index (χ3n) is 2.02. The van der Waals surface area contributed by atoms with E-state index in [4.69, 9.17) is 4.74 Å². The summed E-state index contributed by atoms with van der Waals surface area (Å²) in [4.78, 5) is 11.0. The quantitative estimate of drug-likeness (QED) is 0.414. The van der Waals surface area contributed by atoms with E-state index in [-0.39, 0.29) is 5.57 Å². The lowest BCUT2D eigenvalue weighted by Crippen LogP contribution is -2.33. The number of hydrogen-bond acceptors (Lipinski definition) is 4. The van der Waals surface area contributed by atoms with Crippen molar-refractivity contribution in [2.24, 2.45) is 0 Å². The van der Waals surface area contributed by atoms with Crippen molar-refractivity contribution in [2.45, 2.75) is 39.1 Å². The van der Waals surface area contributed by atoms with Crippen LogP contribution in [0.3, 0.4) is 0 Å². The molecule has 0 radical (unpaired) electrons. The normalized spacial score (nSPS) is 16.9. The largest absolute Gasteiger partial charge is 0.466 e. The van der Waals surface area contributed by atoms with Crippen LogP contribution in [0.4, 0.5) is 0 Å². The second-order valence-electron chi connectivity index (χ2n) is 3.31. The molecular weight excluding hydrogens is 184 g/mol. The van der Waals surface area contributed by atoms with Gasteiger partial charge in [-0.15, -0.1) is 0 Å². The zero-order chi connectivity index (χ0) is 11.4. The van der Waals surface area contributed by atoms with Gasteiger partial charge in [-0.1, -0.05) is 13.5 Å². The number of esters is 1. The Labute approximate surface area is 84.5 Å². The zero-order valence-corrected chi connectivity index (χ0v) is 9.16. The zero-order valence-electron chi connectivity index (χ0n) is 9.16. The van der Waals surface area contributed by atoms with Crippen molar-refractivity contribution in [3.05, 3.63) is 12.2 Å². The summed E-state index contributed by atoms with van der Waals surface area (Å²) in [5.74, 6) is -1.76. The molecule has 0 amide bonds. The molecule has 0 aliphatic carbocycles. The molecule has 0 aromatic heterocycles. The van der Waals surface area contributed by atoms with E-state index < -0.39 is 17.9 Å². The lowest BCUT2D eigenvalue weighted by Gasteiger charge is -2.26. The van der Waals surface area contributed by atoms with Gasteiger partial charge in [0.05, 0.1) is 18.8 Å². The minimum absolute atomic E-state index is 0.196. The highest BCUT2D eigenvalue weighted by Gasteiger charge is 2.25. The smallest absolute Gasteiger partial charge is 0.335 e. The molecule has 0 bridgehead atoms. The predicted octanol–water partition coefficient (Wildman–Crippen LogP) is 1.24. The van der Waals surface area contributed by atoms with Crippen molar-refractivity contribution in [3.63, 3.8) is 0 Å². The number of rotatable bonds is 5. The van der Waals surface area contributed by atoms with Gasteiger partial charge in [-0.25, -0.2) is 4.79 Å². The molecule has 0 heterocycles. The Morgan fingerprint density at radius 3 is 2.50 bits per heavy atom.